The summed E-state index contributed by atoms with van der Waals surface area (Å²) in [6, 6.07) is 0. The summed E-state index contributed by atoms with van der Waals surface area (Å²) in [6.45, 7) is 0. The number of ether oxygens (including phenoxy) is 1. The SMILES string of the molecule is COC1(C(O)Cc2nccn2C)CCCC1. The van der Waals surface area contributed by atoms with Gasteiger partial charge in [-0.05, 0) is 12.8 Å². The molecule has 4 nitrogen and oxygen atoms in total. The zero-order valence-electron chi connectivity index (χ0n) is 10.0. The molecule has 1 unspecified atom stereocenters. The maximum atomic E-state index is 10.3. The van der Waals surface area contributed by atoms with E-state index >= 15 is 0 Å². The highest BCUT2D eigenvalue weighted by atomic mass is 16.5. The van der Waals surface area contributed by atoms with E-state index in [1.54, 1.807) is 13.3 Å². The summed E-state index contributed by atoms with van der Waals surface area (Å²) >= 11 is 0. The molecule has 0 amide bonds. The lowest BCUT2D eigenvalue weighted by atomic mass is 9.92. The average Bonchev–Trinajstić information content (AvgIpc) is 2.89. The molecule has 90 valence electrons. The molecule has 0 bridgehead atoms. The monoisotopic (exact) mass is 224 g/mol. The van der Waals surface area contributed by atoms with Gasteiger partial charge < -0.3 is 14.4 Å². The Balaban J connectivity index is 2.07. The van der Waals surface area contributed by atoms with Gasteiger partial charge in [-0.3, -0.25) is 0 Å². The number of aromatic nitrogens is 2. The quantitative estimate of drug-likeness (QED) is 0.838. The Kier molecular flexibility index (Phi) is 3.30. The second-order valence-corrected chi connectivity index (χ2v) is 4.65. The molecule has 1 heterocycles. The van der Waals surface area contributed by atoms with Crippen LogP contribution in [0.2, 0.25) is 0 Å². The highest BCUT2D eigenvalue weighted by molar-refractivity contribution is 5.00. The third kappa shape index (κ3) is 1.99. The molecule has 4 heteroatoms. The predicted molar refractivity (Wildman–Crippen MR) is 61.1 cm³/mol. The standard InChI is InChI=1S/C12H20N2O2/c1-14-8-7-13-11(14)9-10(15)12(16-2)5-3-4-6-12/h7-8,10,15H,3-6,9H2,1-2H3. The van der Waals surface area contributed by atoms with E-state index in [-0.39, 0.29) is 5.60 Å². The molecule has 1 aliphatic carbocycles. The van der Waals surface area contributed by atoms with Crippen molar-refractivity contribution in [2.45, 2.75) is 43.8 Å². The Bertz CT molecular complexity index is 343. The van der Waals surface area contributed by atoms with Crippen molar-refractivity contribution in [3.05, 3.63) is 18.2 Å². The van der Waals surface area contributed by atoms with E-state index in [9.17, 15) is 5.11 Å². The molecule has 0 aliphatic heterocycles. The van der Waals surface area contributed by atoms with Gasteiger partial charge in [0.1, 0.15) is 5.82 Å². The van der Waals surface area contributed by atoms with Gasteiger partial charge in [0.25, 0.3) is 0 Å². The van der Waals surface area contributed by atoms with Gasteiger partial charge in [0.2, 0.25) is 0 Å². The van der Waals surface area contributed by atoms with E-state index in [0.717, 1.165) is 31.5 Å². The molecule has 1 N–H and O–H groups in total. The summed E-state index contributed by atoms with van der Waals surface area (Å²) < 4.78 is 7.51. The lowest BCUT2D eigenvalue weighted by Crippen LogP contribution is -2.43. The molecule has 0 radical (unpaired) electrons. The largest absolute Gasteiger partial charge is 0.390 e. The van der Waals surface area contributed by atoms with Gasteiger partial charge >= 0.3 is 0 Å². The first kappa shape index (κ1) is 11.6. The molecule has 1 aromatic heterocycles. The predicted octanol–water partition coefficient (Wildman–Crippen LogP) is 1.28. The van der Waals surface area contributed by atoms with Crippen molar-refractivity contribution >= 4 is 0 Å². The molecule has 0 spiro atoms. The zero-order chi connectivity index (χ0) is 11.6. The van der Waals surface area contributed by atoms with Crippen molar-refractivity contribution in [1.29, 1.82) is 0 Å². The third-order valence-corrected chi connectivity index (χ3v) is 3.76. The second kappa shape index (κ2) is 4.55. The van der Waals surface area contributed by atoms with Crippen LogP contribution in [0.25, 0.3) is 0 Å². The Labute approximate surface area is 96.3 Å². The number of rotatable bonds is 4. The Morgan fingerprint density at radius 2 is 2.25 bits per heavy atom. The maximum absolute atomic E-state index is 10.3. The molecule has 0 aromatic carbocycles. The Morgan fingerprint density at radius 3 is 2.75 bits per heavy atom. The first-order valence-corrected chi connectivity index (χ1v) is 5.87. The molecule has 1 aromatic rings. The van der Waals surface area contributed by atoms with Crippen molar-refractivity contribution in [2.24, 2.45) is 7.05 Å². The topological polar surface area (TPSA) is 47.3 Å². The fraction of sp³-hybridized carbons (Fsp3) is 0.750. The van der Waals surface area contributed by atoms with Crippen molar-refractivity contribution in [3.8, 4) is 0 Å². The van der Waals surface area contributed by atoms with Gasteiger partial charge in [0.15, 0.2) is 0 Å². The minimum atomic E-state index is -0.457. The number of methoxy groups -OCH3 is 1. The lowest BCUT2D eigenvalue weighted by Gasteiger charge is -2.32. The van der Waals surface area contributed by atoms with E-state index in [4.69, 9.17) is 4.74 Å². The van der Waals surface area contributed by atoms with E-state index in [1.807, 2.05) is 17.8 Å². The van der Waals surface area contributed by atoms with Crippen LogP contribution in [-0.2, 0) is 18.2 Å². The van der Waals surface area contributed by atoms with Crippen molar-refractivity contribution in [3.63, 3.8) is 0 Å². The van der Waals surface area contributed by atoms with Gasteiger partial charge in [-0.2, -0.15) is 0 Å². The van der Waals surface area contributed by atoms with E-state index in [0.29, 0.717) is 6.42 Å². The smallest absolute Gasteiger partial charge is 0.111 e. The minimum Gasteiger partial charge on any atom is -0.390 e. The van der Waals surface area contributed by atoms with Crippen LogP contribution in [0.15, 0.2) is 12.4 Å². The molecule has 1 atom stereocenters. The molecule has 0 saturated heterocycles. The second-order valence-electron chi connectivity index (χ2n) is 4.65. The molecule has 1 saturated carbocycles. The molecular formula is C12H20N2O2. The summed E-state index contributed by atoms with van der Waals surface area (Å²) in [5.74, 6) is 0.913. The summed E-state index contributed by atoms with van der Waals surface area (Å²) in [4.78, 5) is 4.24. The first-order chi connectivity index (χ1) is 7.68. The van der Waals surface area contributed by atoms with E-state index < -0.39 is 6.10 Å². The molecule has 2 rings (SSSR count). The average molecular weight is 224 g/mol. The highest BCUT2D eigenvalue weighted by Gasteiger charge is 2.41. The highest BCUT2D eigenvalue weighted by Crippen LogP contribution is 2.36. The number of hydrogen-bond acceptors (Lipinski definition) is 3. The number of hydrogen-bond donors (Lipinski definition) is 1. The van der Waals surface area contributed by atoms with Crippen molar-refractivity contribution in [1.82, 2.24) is 9.55 Å². The van der Waals surface area contributed by atoms with Crippen molar-refractivity contribution < 1.29 is 9.84 Å². The fourth-order valence-electron chi connectivity index (χ4n) is 2.60. The number of nitrogens with zero attached hydrogens (tertiary/aromatic N) is 2. The summed E-state index contributed by atoms with van der Waals surface area (Å²) in [7, 11) is 3.65. The van der Waals surface area contributed by atoms with Crippen molar-refractivity contribution in [2.75, 3.05) is 7.11 Å². The van der Waals surface area contributed by atoms with Gasteiger partial charge in [0.05, 0.1) is 11.7 Å². The molecule has 16 heavy (non-hydrogen) atoms. The third-order valence-electron chi connectivity index (χ3n) is 3.76. The van der Waals surface area contributed by atoms with Crippen LogP contribution < -0.4 is 0 Å². The van der Waals surface area contributed by atoms with Gasteiger partial charge in [-0.25, -0.2) is 4.98 Å². The molecular weight excluding hydrogens is 204 g/mol. The van der Waals surface area contributed by atoms with Crippen LogP contribution >= 0.6 is 0 Å². The van der Waals surface area contributed by atoms with E-state index in [1.165, 1.54) is 0 Å². The summed E-state index contributed by atoms with van der Waals surface area (Å²) in [5.41, 5.74) is -0.341. The van der Waals surface area contributed by atoms with Crippen LogP contribution in [0.5, 0.6) is 0 Å². The number of aliphatic hydroxyl groups is 1. The van der Waals surface area contributed by atoms with Gasteiger partial charge in [-0.1, -0.05) is 12.8 Å². The first-order valence-electron chi connectivity index (χ1n) is 5.87. The lowest BCUT2D eigenvalue weighted by molar-refractivity contribution is -0.0978. The fourth-order valence-corrected chi connectivity index (χ4v) is 2.60. The van der Waals surface area contributed by atoms with Gasteiger partial charge in [-0.15, -0.1) is 0 Å². The number of aryl methyl sites for hydroxylation is 1. The van der Waals surface area contributed by atoms with Crippen LogP contribution in [0.1, 0.15) is 31.5 Å². The zero-order valence-corrected chi connectivity index (χ0v) is 10.0. The van der Waals surface area contributed by atoms with E-state index in [2.05, 4.69) is 4.98 Å². The van der Waals surface area contributed by atoms with Crippen LogP contribution in [0.3, 0.4) is 0 Å². The normalized spacial score (nSPS) is 21.2. The van der Waals surface area contributed by atoms with Gasteiger partial charge in [0, 0.05) is 33.0 Å². The molecule has 1 fully saturated rings. The van der Waals surface area contributed by atoms with Crippen LogP contribution in [0.4, 0.5) is 0 Å². The Hall–Kier alpha value is -0.870. The van der Waals surface area contributed by atoms with Crippen LogP contribution in [0, 0.1) is 0 Å². The maximum Gasteiger partial charge on any atom is 0.111 e. The number of imidazole rings is 1. The minimum absolute atomic E-state index is 0.341. The van der Waals surface area contributed by atoms with Crippen LogP contribution in [-0.4, -0.2) is 33.5 Å². The summed E-state index contributed by atoms with van der Waals surface area (Å²) in [5, 5.41) is 10.3. The summed E-state index contributed by atoms with van der Waals surface area (Å²) in [6.07, 6.45) is 7.96. The molecule has 1 aliphatic rings. The number of aliphatic hydroxyl groups excluding tert-OH is 1. The Morgan fingerprint density at radius 1 is 1.56 bits per heavy atom.